The van der Waals surface area contributed by atoms with Crippen molar-refractivity contribution in [3.63, 3.8) is 0 Å². The third-order valence-electron chi connectivity index (χ3n) is 6.14. The number of benzene rings is 2. The zero-order valence-electron chi connectivity index (χ0n) is 18.8. The van der Waals surface area contributed by atoms with E-state index in [4.69, 9.17) is 9.84 Å². The Morgan fingerprint density at radius 1 is 1.09 bits per heavy atom. The first-order chi connectivity index (χ1) is 15.5. The highest BCUT2D eigenvalue weighted by Crippen LogP contribution is 2.35. The van der Waals surface area contributed by atoms with E-state index in [1.165, 1.54) is 11.1 Å². The van der Waals surface area contributed by atoms with Gasteiger partial charge in [-0.2, -0.15) is 0 Å². The quantitative estimate of drug-likeness (QED) is 0.455. The number of unbranched alkanes of at least 4 members (excludes halogenated alkanes) is 1. The SMILES string of the molecule is CCOc1ccccc1CCN(CCCCC(=O)O)C1CCCc2cc(C(=O)O)ccc21. The summed E-state index contributed by atoms with van der Waals surface area (Å²) in [7, 11) is 0. The molecule has 0 amide bonds. The summed E-state index contributed by atoms with van der Waals surface area (Å²) in [6, 6.07) is 13.8. The van der Waals surface area contributed by atoms with Gasteiger partial charge in [0.05, 0.1) is 12.2 Å². The van der Waals surface area contributed by atoms with E-state index in [2.05, 4.69) is 11.0 Å². The van der Waals surface area contributed by atoms with E-state index in [9.17, 15) is 14.7 Å². The van der Waals surface area contributed by atoms with Crippen LogP contribution in [0.3, 0.4) is 0 Å². The van der Waals surface area contributed by atoms with E-state index in [0.29, 0.717) is 18.6 Å². The monoisotopic (exact) mass is 439 g/mol. The number of para-hydroxylation sites is 1. The van der Waals surface area contributed by atoms with Crippen molar-refractivity contribution in [2.75, 3.05) is 19.7 Å². The lowest BCUT2D eigenvalue weighted by atomic mass is 9.85. The summed E-state index contributed by atoms with van der Waals surface area (Å²) in [5, 5.41) is 18.3. The summed E-state index contributed by atoms with van der Waals surface area (Å²) in [5.41, 5.74) is 3.83. The van der Waals surface area contributed by atoms with Gasteiger partial charge >= 0.3 is 11.9 Å². The van der Waals surface area contributed by atoms with Crippen molar-refractivity contribution in [1.82, 2.24) is 4.90 Å². The summed E-state index contributed by atoms with van der Waals surface area (Å²) in [6.45, 7) is 4.25. The van der Waals surface area contributed by atoms with Crippen LogP contribution in [0.1, 0.15) is 72.1 Å². The number of hydrogen-bond acceptors (Lipinski definition) is 4. The van der Waals surface area contributed by atoms with Crippen molar-refractivity contribution >= 4 is 11.9 Å². The minimum Gasteiger partial charge on any atom is -0.494 e. The van der Waals surface area contributed by atoms with Crippen molar-refractivity contribution in [2.45, 2.75) is 57.9 Å². The zero-order valence-corrected chi connectivity index (χ0v) is 18.8. The fourth-order valence-electron chi connectivity index (χ4n) is 4.59. The molecule has 0 fully saturated rings. The minimum atomic E-state index is -0.895. The highest BCUT2D eigenvalue weighted by Gasteiger charge is 2.26. The van der Waals surface area contributed by atoms with Crippen LogP contribution in [0.4, 0.5) is 0 Å². The standard InChI is InChI=1S/C26H33NO5/c1-2-32-24-11-4-3-8-19(24)15-17-27(16-6-5-12-25(28)29)23-10-7-9-20-18-21(26(30)31)13-14-22(20)23/h3-4,8,11,13-14,18,23H,2,5-7,9-10,12,15-17H2,1H3,(H,28,29)(H,30,31). The molecule has 3 rings (SSSR count). The maximum Gasteiger partial charge on any atom is 0.335 e. The summed E-state index contributed by atoms with van der Waals surface area (Å²) < 4.78 is 5.79. The molecule has 6 heteroatoms. The predicted octanol–water partition coefficient (Wildman–Crippen LogP) is 4.96. The number of nitrogens with zero attached hydrogens (tertiary/aromatic N) is 1. The van der Waals surface area contributed by atoms with Gasteiger partial charge in [-0.3, -0.25) is 9.69 Å². The van der Waals surface area contributed by atoms with Crippen molar-refractivity contribution in [3.05, 3.63) is 64.7 Å². The summed E-state index contributed by atoms with van der Waals surface area (Å²) in [5.74, 6) is -0.740. The second kappa shape index (κ2) is 11.7. The largest absolute Gasteiger partial charge is 0.494 e. The second-order valence-electron chi connectivity index (χ2n) is 8.30. The van der Waals surface area contributed by atoms with Gasteiger partial charge in [-0.25, -0.2) is 4.79 Å². The Bertz CT molecular complexity index is 926. The van der Waals surface area contributed by atoms with Gasteiger partial charge in [-0.1, -0.05) is 24.3 Å². The highest BCUT2D eigenvalue weighted by atomic mass is 16.5. The Hall–Kier alpha value is -2.86. The maximum absolute atomic E-state index is 11.4. The second-order valence-corrected chi connectivity index (χ2v) is 8.30. The predicted molar refractivity (Wildman–Crippen MR) is 123 cm³/mol. The van der Waals surface area contributed by atoms with E-state index < -0.39 is 11.9 Å². The van der Waals surface area contributed by atoms with Crippen molar-refractivity contribution in [2.24, 2.45) is 0 Å². The molecule has 0 heterocycles. The number of carboxylic acid groups (broad SMARTS) is 2. The van der Waals surface area contributed by atoms with Crippen LogP contribution in [-0.4, -0.2) is 46.7 Å². The third kappa shape index (κ3) is 6.33. The lowest BCUT2D eigenvalue weighted by molar-refractivity contribution is -0.137. The average molecular weight is 440 g/mol. The number of carboxylic acids is 2. The first-order valence-electron chi connectivity index (χ1n) is 11.5. The summed E-state index contributed by atoms with van der Waals surface area (Å²) in [4.78, 5) is 24.8. The Balaban J connectivity index is 1.79. The number of hydrogen-bond donors (Lipinski definition) is 2. The smallest absolute Gasteiger partial charge is 0.335 e. The fourth-order valence-corrected chi connectivity index (χ4v) is 4.59. The number of aromatic carboxylic acids is 1. The number of aryl methyl sites for hydroxylation is 1. The molecule has 0 saturated carbocycles. The summed E-state index contributed by atoms with van der Waals surface area (Å²) >= 11 is 0. The molecule has 0 radical (unpaired) electrons. The van der Waals surface area contributed by atoms with Crippen LogP contribution < -0.4 is 4.74 Å². The van der Waals surface area contributed by atoms with Gasteiger partial charge in [0.25, 0.3) is 0 Å². The highest BCUT2D eigenvalue weighted by molar-refractivity contribution is 5.88. The van der Waals surface area contributed by atoms with E-state index >= 15 is 0 Å². The number of fused-ring (bicyclic) bond motifs is 1. The molecule has 1 unspecified atom stereocenters. The Morgan fingerprint density at radius 3 is 2.66 bits per heavy atom. The molecule has 1 atom stereocenters. The van der Waals surface area contributed by atoms with E-state index in [-0.39, 0.29) is 12.5 Å². The van der Waals surface area contributed by atoms with Crippen LogP contribution in [0.2, 0.25) is 0 Å². The number of rotatable bonds is 12. The van der Waals surface area contributed by atoms with Crippen LogP contribution in [0, 0.1) is 0 Å². The molecular weight excluding hydrogens is 406 g/mol. The molecule has 0 spiro atoms. The molecule has 1 aliphatic carbocycles. The van der Waals surface area contributed by atoms with E-state index in [1.807, 2.05) is 37.3 Å². The lowest BCUT2D eigenvalue weighted by Crippen LogP contribution is -2.34. The van der Waals surface area contributed by atoms with Crippen LogP contribution >= 0.6 is 0 Å². The van der Waals surface area contributed by atoms with Crippen LogP contribution in [0.25, 0.3) is 0 Å². The zero-order chi connectivity index (χ0) is 22.9. The molecule has 0 aliphatic heterocycles. The van der Waals surface area contributed by atoms with Gasteiger partial charge in [0.15, 0.2) is 0 Å². The summed E-state index contributed by atoms with van der Waals surface area (Å²) in [6.07, 6.45) is 5.43. The van der Waals surface area contributed by atoms with Gasteiger partial charge in [0.2, 0.25) is 0 Å². The Kier molecular flexibility index (Phi) is 8.68. The van der Waals surface area contributed by atoms with Crippen molar-refractivity contribution in [1.29, 1.82) is 0 Å². The van der Waals surface area contributed by atoms with Gasteiger partial charge in [-0.05, 0) is 86.9 Å². The molecule has 1 aliphatic rings. The molecule has 172 valence electrons. The molecule has 2 aromatic carbocycles. The topological polar surface area (TPSA) is 87.1 Å². The number of aliphatic carboxylic acids is 1. The maximum atomic E-state index is 11.4. The minimum absolute atomic E-state index is 0.185. The molecule has 0 saturated heterocycles. The Morgan fingerprint density at radius 2 is 1.91 bits per heavy atom. The molecule has 0 bridgehead atoms. The molecule has 2 N–H and O–H groups in total. The van der Waals surface area contributed by atoms with E-state index in [1.54, 1.807) is 6.07 Å². The normalized spacial score (nSPS) is 15.4. The number of ether oxygens (including phenoxy) is 1. The van der Waals surface area contributed by atoms with Crippen LogP contribution in [0.5, 0.6) is 5.75 Å². The van der Waals surface area contributed by atoms with Crippen molar-refractivity contribution < 1.29 is 24.5 Å². The molecule has 6 nitrogen and oxygen atoms in total. The van der Waals surface area contributed by atoms with Crippen LogP contribution in [0.15, 0.2) is 42.5 Å². The molecule has 0 aromatic heterocycles. The van der Waals surface area contributed by atoms with Gasteiger partial charge in [0.1, 0.15) is 5.75 Å². The van der Waals surface area contributed by atoms with Gasteiger partial charge in [-0.15, -0.1) is 0 Å². The van der Waals surface area contributed by atoms with Gasteiger partial charge in [0, 0.05) is 19.0 Å². The third-order valence-corrected chi connectivity index (χ3v) is 6.14. The van der Waals surface area contributed by atoms with Crippen LogP contribution in [-0.2, 0) is 17.6 Å². The van der Waals surface area contributed by atoms with E-state index in [0.717, 1.165) is 56.5 Å². The molecule has 32 heavy (non-hydrogen) atoms. The molecule has 2 aromatic rings. The number of carbonyl (C=O) groups is 2. The fraction of sp³-hybridized carbons (Fsp3) is 0.462. The Labute approximate surface area is 189 Å². The first kappa shape index (κ1) is 23.8. The average Bonchev–Trinajstić information content (AvgIpc) is 2.79. The lowest BCUT2D eigenvalue weighted by Gasteiger charge is -2.36. The first-order valence-corrected chi connectivity index (χ1v) is 11.5. The molecular formula is C26H33NO5. The van der Waals surface area contributed by atoms with Gasteiger partial charge < -0.3 is 14.9 Å². The van der Waals surface area contributed by atoms with Crippen molar-refractivity contribution in [3.8, 4) is 5.75 Å².